The lowest BCUT2D eigenvalue weighted by atomic mass is 9.90. The number of nitrogens with one attached hydrogen (secondary N) is 1. The fourth-order valence-corrected chi connectivity index (χ4v) is 4.87. The molecule has 2 aromatic carbocycles. The van der Waals surface area contributed by atoms with Crippen LogP contribution in [0.3, 0.4) is 0 Å². The Balaban J connectivity index is 1.38. The topological polar surface area (TPSA) is 52.7 Å². The van der Waals surface area contributed by atoms with Crippen LogP contribution in [0.2, 0.25) is 0 Å². The van der Waals surface area contributed by atoms with E-state index in [1.807, 2.05) is 23.1 Å². The molecule has 0 spiro atoms. The van der Waals surface area contributed by atoms with E-state index < -0.39 is 0 Å². The van der Waals surface area contributed by atoms with Gasteiger partial charge in [0.1, 0.15) is 0 Å². The van der Waals surface area contributed by atoms with Crippen LogP contribution in [-0.4, -0.2) is 47.3 Å². The highest BCUT2D eigenvalue weighted by molar-refractivity contribution is 5.80. The second-order valence-corrected chi connectivity index (χ2v) is 8.51. The van der Waals surface area contributed by atoms with Gasteiger partial charge in [-0.2, -0.15) is 0 Å². The van der Waals surface area contributed by atoms with Crippen molar-refractivity contribution in [2.75, 3.05) is 19.6 Å². The fraction of sp³-hybridized carbons (Fsp3) is 0.440. The highest BCUT2D eigenvalue weighted by Gasteiger charge is 2.31. The van der Waals surface area contributed by atoms with Gasteiger partial charge < -0.3 is 10.2 Å². The number of fused-ring (bicyclic) bond motifs is 1. The van der Waals surface area contributed by atoms with Crippen LogP contribution in [0, 0.1) is 0 Å². The molecule has 5 heteroatoms. The highest BCUT2D eigenvalue weighted by atomic mass is 16.2. The van der Waals surface area contributed by atoms with Gasteiger partial charge in [0.25, 0.3) is 0 Å². The van der Waals surface area contributed by atoms with Gasteiger partial charge >= 0.3 is 0 Å². The summed E-state index contributed by atoms with van der Waals surface area (Å²) in [6.07, 6.45) is 3.27. The minimum atomic E-state index is -0.170. The third kappa shape index (κ3) is 4.90. The van der Waals surface area contributed by atoms with Crippen molar-refractivity contribution in [1.29, 1.82) is 0 Å². The highest BCUT2D eigenvalue weighted by Crippen LogP contribution is 2.32. The molecule has 4 rings (SSSR count). The Labute approximate surface area is 179 Å². The molecule has 0 radical (unpaired) electrons. The molecule has 0 aliphatic carbocycles. The summed E-state index contributed by atoms with van der Waals surface area (Å²) in [5.74, 6) is 0.0727. The minimum Gasteiger partial charge on any atom is -0.352 e. The standard InChI is InChI=1S/C25H31N3O2/c1-19(29)28-15-13-21-10-5-6-12-23(21)24(28)16-25(30)26-22-11-7-14-27(18-22)17-20-8-3-2-4-9-20/h2-6,8-10,12,22,24H,7,11,13-18H2,1H3,(H,26,30). The molecule has 2 amide bonds. The summed E-state index contributed by atoms with van der Waals surface area (Å²) >= 11 is 0. The summed E-state index contributed by atoms with van der Waals surface area (Å²) < 4.78 is 0. The lowest BCUT2D eigenvalue weighted by molar-refractivity contribution is -0.133. The quantitative estimate of drug-likeness (QED) is 0.830. The number of hydrogen-bond donors (Lipinski definition) is 1. The van der Waals surface area contributed by atoms with Crippen molar-refractivity contribution in [1.82, 2.24) is 15.1 Å². The van der Waals surface area contributed by atoms with Crippen LogP contribution in [-0.2, 0) is 22.6 Å². The molecule has 2 aliphatic rings. The van der Waals surface area contributed by atoms with Crippen molar-refractivity contribution >= 4 is 11.8 Å². The molecular weight excluding hydrogens is 374 g/mol. The van der Waals surface area contributed by atoms with Gasteiger partial charge in [-0.15, -0.1) is 0 Å². The van der Waals surface area contributed by atoms with E-state index >= 15 is 0 Å². The molecule has 2 atom stereocenters. The molecule has 2 heterocycles. The average molecular weight is 406 g/mol. The Kier molecular flexibility index (Phi) is 6.48. The molecule has 1 fully saturated rings. The minimum absolute atomic E-state index is 0.0361. The zero-order valence-electron chi connectivity index (χ0n) is 17.7. The second-order valence-electron chi connectivity index (χ2n) is 8.51. The number of likely N-dealkylation sites (tertiary alicyclic amines) is 1. The first kappa shape index (κ1) is 20.6. The summed E-state index contributed by atoms with van der Waals surface area (Å²) in [7, 11) is 0. The average Bonchev–Trinajstić information content (AvgIpc) is 2.74. The second kappa shape index (κ2) is 9.43. The first-order chi connectivity index (χ1) is 14.6. The van der Waals surface area contributed by atoms with E-state index in [1.54, 1.807) is 6.92 Å². The predicted molar refractivity (Wildman–Crippen MR) is 118 cm³/mol. The van der Waals surface area contributed by atoms with Crippen molar-refractivity contribution in [3.8, 4) is 0 Å². The van der Waals surface area contributed by atoms with Gasteiger partial charge in [0.05, 0.1) is 12.5 Å². The summed E-state index contributed by atoms with van der Waals surface area (Å²) in [5.41, 5.74) is 3.67. The van der Waals surface area contributed by atoms with E-state index in [1.165, 1.54) is 11.1 Å². The van der Waals surface area contributed by atoms with Crippen LogP contribution in [0.4, 0.5) is 0 Å². The molecule has 5 nitrogen and oxygen atoms in total. The van der Waals surface area contributed by atoms with Gasteiger partial charge in [0.15, 0.2) is 0 Å². The van der Waals surface area contributed by atoms with Crippen LogP contribution in [0.1, 0.15) is 48.9 Å². The van der Waals surface area contributed by atoms with Gasteiger partial charge in [0, 0.05) is 32.6 Å². The van der Waals surface area contributed by atoms with E-state index in [0.29, 0.717) is 13.0 Å². The third-order valence-electron chi connectivity index (χ3n) is 6.32. The van der Waals surface area contributed by atoms with Crippen molar-refractivity contribution in [3.63, 3.8) is 0 Å². The smallest absolute Gasteiger partial charge is 0.222 e. The van der Waals surface area contributed by atoms with Gasteiger partial charge in [-0.3, -0.25) is 14.5 Å². The first-order valence-electron chi connectivity index (χ1n) is 11.0. The van der Waals surface area contributed by atoms with Crippen LogP contribution >= 0.6 is 0 Å². The van der Waals surface area contributed by atoms with Gasteiger partial charge in [-0.25, -0.2) is 0 Å². The summed E-state index contributed by atoms with van der Waals surface area (Å²) in [4.78, 5) is 29.4. The molecule has 30 heavy (non-hydrogen) atoms. The SMILES string of the molecule is CC(=O)N1CCc2ccccc2C1CC(=O)NC1CCCN(Cc2ccccc2)C1. The Morgan fingerprint density at radius 2 is 1.80 bits per heavy atom. The molecule has 2 aliphatic heterocycles. The summed E-state index contributed by atoms with van der Waals surface area (Å²) in [5, 5.41) is 3.25. The van der Waals surface area contributed by atoms with Crippen LogP contribution < -0.4 is 5.32 Å². The molecule has 0 bridgehead atoms. The molecular formula is C25H31N3O2. The Morgan fingerprint density at radius 3 is 2.60 bits per heavy atom. The lowest BCUT2D eigenvalue weighted by Gasteiger charge is -2.37. The number of piperidine rings is 1. The Morgan fingerprint density at radius 1 is 1.03 bits per heavy atom. The van der Waals surface area contributed by atoms with Gasteiger partial charge in [-0.1, -0.05) is 54.6 Å². The molecule has 2 unspecified atom stereocenters. The molecule has 0 saturated carbocycles. The number of carbonyl (C=O) groups is 2. The number of carbonyl (C=O) groups excluding carboxylic acids is 2. The number of rotatable bonds is 5. The Hall–Kier alpha value is -2.66. The summed E-state index contributed by atoms with van der Waals surface area (Å²) in [6.45, 7) is 5.13. The van der Waals surface area contributed by atoms with Crippen LogP contribution in [0.5, 0.6) is 0 Å². The number of nitrogens with zero attached hydrogens (tertiary/aromatic N) is 2. The predicted octanol–water partition coefficient (Wildman–Crippen LogP) is 3.30. The number of benzene rings is 2. The van der Waals surface area contributed by atoms with Gasteiger partial charge in [-0.05, 0) is 42.5 Å². The van der Waals surface area contributed by atoms with E-state index in [-0.39, 0.29) is 23.9 Å². The number of hydrogen-bond acceptors (Lipinski definition) is 3. The third-order valence-corrected chi connectivity index (χ3v) is 6.32. The maximum atomic E-state index is 13.0. The zero-order valence-corrected chi connectivity index (χ0v) is 17.7. The van der Waals surface area contributed by atoms with Crippen molar-refractivity contribution in [2.24, 2.45) is 0 Å². The van der Waals surface area contributed by atoms with Crippen molar-refractivity contribution in [3.05, 3.63) is 71.3 Å². The lowest BCUT2D eigenvalue weighted by Crippen LogP contribution is -2.48. The van der Waals surface area contributed by atoms with Crippen molar-refractivity contribution < 1.29 is 9.59 Å². The van der Waals surface area contributed by atoms with E-state index in [4.69, 9.17) is 0 Å². The maximum absolute atomic E-state index is 13.0. The monoisotopic (exact) mass is 405 g/mol. The molecule has 158 valence electrons. The summed E-state index contributed by atoms with van der Waals surface area (Å²) in [6, 6.07) is 18.7. The van der Waals surface area contributed by atoms with E-state index in [2.05, 4.69) is 46.6 Å². The fourth-order valence-electron chi connectivity index (χ4n) is 4.87. The maximum Gasteiger partial charge on any atom is 0.222 e. The Bertz CT molecular complexity index is 883. The van der Waals surface area contributed by atoms with Crippen LogP contribution in [0.15, 0.2) is 54.6 Å². The normalized spacial score (nSPS) is 21.7. The molecule has 0 aromatic heterocycles. The molecule has 1 N–H and O–H groups in total. The van der Waals surface area contributed by atoms with Gasteiger partial charge in [0.2, 0.25) is 11.8 Å². The zero-order chi connectivity index (χ0) is 20.9. The molecule has 2 aromatic rings. The van der Waals surface area contributed by atoms with Crippen molar-refractivity contribution in [2.45, 2.75) is 51.2 Å². The first-order valence-corrected chi connectivity index (χ1v) is 11.0. The number of amides is 2. The molecule has 1 saturated heterocycles. The largest absolute Gasteiger partial charge is 0.352 e. The van der Waals surface area contributed by atoms with Crippen LogP contribution in [0.25, 0.3) is 0 Å². The van der Waals surface area contributed by atoms with E-state index in [9.17, 15) is 9.59 Å². The van der Waals surface area contributed by atoms with E-state index in [0.717, 1.165) is 44.5 Å².